The largest absolute Gasteiger partial charge is 0.309 e. The van der Waals surface area contributed by atoms with Crippen molar-refractivity contribution in [3.63, 3.8) is 0 Å². The van der Waals surface area contributed by atoms with Gasteiger partial charge in [-0.1, -0.05) is 21.9 Å². The molecule has 3 rings (SSSR count). The quantitative estimate of drug-likeness (QED) is 0.644. The maximum absolute atomic E-state index is 13.1. The van der Waals surface area contributed by atoms with Gasteiger partial charge in [-0.25, -0.2) is 4.98 Å². The molecule has 0 spiro atoms. The third-order valence-electron chi connectivity index (χ3n) is 4.12. The molecule has 1 amide bonds. The van der Waals surface area contributed by atoms with E-state index in [1.165, 1.54) is 11.1 Å². The van der Waals surface area contributed by atoms with E-state index in [0.717, 1.165) is 39.8 Å². The van der Waals surface area contributed by atoms with Gasteiger partial charge < -0.3 is 4.90 Å². The number of aryl methyl sites for hydroxylation is 3. The number of hydrogen-bond donors (Lipinski definition) is 0. The molecule has 0 fully saturated rings. The zero-order chi connectivity index (χ0) is 18.8. The van der Waals surface area contributed by atoms with Crippen LogP contribution in [0.3, 0.4) is 0 Å². The molecule has 0 N–H and O–H groups in total. The third kappa shape index (κ3) is 3.92. The van der Waals surface area contributed by atoms with Gasteiger partial charge in [-0.2, -0.15) is 0 Å². The Labute approximate surface area is 161 Å². The van der Waals surface area contributed by atoms with Gasteiger partial charge in [0.05, 0.1) is 15.9 Å². The normalized spacial score (nSPS) is 11.5. The molecule has 0 unspecified atom stereocenters. The molecule has 3 aromatic rings. The van der Waals surface area contributed by atoms with Crippen LogP contribution in [0.25, 0.3) is 10.2 Å². The predicted octanol–water partition coefficient (Wildman–Crippen LogP) is 3.67. The summed E-state index contributed by atoms with van der Waals surface area (Å²) in [5.41, 5.74) is 4.00. The molecule has 1 aromatic carbocycles. The van der Waals surface area contributed by atoms with Gasteiger partial charge in [-0.05, 0) is 76.6 Å². The Hall–Kier alpha value is -1.90. The lowest BCUT2D eigenvalue weighted by molar-refractivity contribution is 0.0989. The number of fused-ring (bicyclic) bond motifs is 1. The van der Waals surface area contributed by atoms with Crippen molar-refractivity contribution in [2.24, 2.45) is 0 Å². The maximum Gasteiger partial charge on any atom is 0.273 e. The summed E-state index contributed by atoms with van der Waals surface area (Å²) in [6.07, 6.45) is 0.873. The average Bonchev–Trinajstić information content (AvgIpc) is 3.17. The highest BCUT2D eigenvalue weighted by Crippen LogP contribution is 2.33. The summed E-state index contributed by atoms with van der Waals surface area (Å²) in [7, 11) is 4.07. The molecule has 0 saturated heterocycles. The zero-order valence-electron chi connectivity index (χ0n) is 15.7. The van der Waals surface area contributed by atoms with E-state index in [9.17, 15) is 4.79 Å². The summed E-state index contributed by atoms with van der Waals surface area (Å²) in [6.45, 7) is 7.50. The van der Waals surface area contributed by atoms with Crippen molar-refractivity contribution in [3.05, 3.63) is 33.8 Å². The highest BCUT2D eigenvalue weighted by atomic mass is 32.1. The third-order valence-corrected chi connectivity index (χ3v) is 6.16. The van der Waals surface area contributed by atoms with Gasteiger partial charge in [0.2, 0.25) is 0 Å². The first kappa shape index (κ1) is 18.9. The van der Waals surface area contributed by atoms with Crippen LogP contribution in [0.2, 0.25) is 0 Å². The Kier molecular flexibility index (Phi) is 5.64. The highest BCUT2D eigenvalue weighted by Gasteiger charge is 2.25. The van der Waals surface area contributed by atoms with Crippen molar-refractivity contribution in [2.45, 2.75) is 27.2 Å². The molecule has 0 saturated carbocycles. The number of anilines is 1. The van der Waals surface area contributed by atoms with Crippen LogP contribution < -0.4 is 4.90 Å². The van der Waals surface area contributed by atoms with Crippen molar-refractivity contribution >= 4 is 44.1 Å². The summed E-state index contributed by atoms with van der Waals surface area (Å²) in [6, 6.07) is 4.23. The molecule has 0 aliphatic rings. The molecule has 0 aliphatic heterocycles. The van der Waals surface area contributed by atoms with Gasteiger partial charge >= 0.3 is 0 Å². The number of carbonyl (C=O) groups is 1. The van der Waals surface area contributed by atoms with Gasteiger partial charge in [-0.3, -0.25) is 9.69 Å². The molecular formula is C18H23N5OS2. The number of amides is 1. The predicted molar refractivity (Wildman–Crippen MR) is 109 cm³/mol. The molecule has 0 aliphatic carbocycles. The fraction of sp³-hybridized carbons (Fsp3) is 0.444. The van der Waals surface area contributed by atoms with Crippen molar-refractivity contribution in [3.8, 4) is 0 Å². The number of thiazole rings is 1. The topological polar surface area (TPSA) is 62.2 Å². The summed E-state index contributed by atoms with van der Waals surface area (Å²) < 4.78 is 5.05. The van der Waals surface area contributed by atoms with Crippen LogP contribution in [0.1, 0.15) is 32.9 Å². The SMILES string of the molecule is Cc1cc(C)c2sc(N(CCCN(C)C)C(=O)c3snnc3C)nc2c1. The lowest BCUT2D eigenvalue weighted by Gasteiger charge is -2.20. The first-order valence-electron chi connectivity index (χ1n) is 8.50. The van der Waals surface area contributed by atoms with Gasteiger partial charge in [0.1, 0.15) is 4.88 Å². The second kappa shape index (κ2) is 7.77. The minimum atomic E-state index is -0.0651. The van der Waals surface area contributed by atoms with Crippen LogP contribution >= 0.6 is 22.9 Å². The van der Waals surface area contributed by atoms with E-state index in [-0.39, 0.29) is 5.91 Å². The molecule has 138 valence electrons. The molecule has 8 heteroatoms. The summed E-state index contributed by atoms with van der Waals surface area (Å²) in [5.74, 6) is -0.0651. The Morgan fingerprint density at radius 2 is 1.92 bits per heavy atom. The molecule has 0 atom stereocenters. The zero-order valence-corrected chi connectivity index (χ0v) is 17.4. The summed E-state index contributed by atoms with van der Waals surface area (Å²) in [4.78, 5) is 22.4. The monoisotopic (exact) mass is 389 g/mol. The van der Waals surface area contributed by atoms with Crippen LogP contribution in [0, 0.1) is 20.8 Å². The summed E-state index contributed by atoms with van der Waals surface area (Å²) >= 11 is 2.72. The van der Waals surface area contributed by atoms with E-state index in [2.05, 4.69) is 40.5 Å². The van der Waals surface area contributed by atoms with Gasteiger partial charge in [0.25, 0.3) is 5.91 Å². The van der Waals surface area contributed by atoms with E-state index in [1.54, 1.807) is 16.2 Å². The molecule has 0 radical (unpaired) electrons. The standard InChI is InChI=1S/C18H23N5OS2/c1-11-9-12(2)15-14(10-11)19-18(25-15)23(8-6-7-22(4)5)17(24)16-13(3)20-21-26-16/h9-10H,6-8H2,1-5H3. The van der Waals surface area contributed by atoms with Gasteiger partial charge in [0, 0.05) is 6.54 Å². The van der Waals surface area contributed by atoms with Crippen LogP contribution in [0.5, 0.6) is 0 Å². The van der Waals surface area contributed by atoms with E-state index >= 15 is 0 Å². The first-order valence-corrected chi connectivity index (χ1v) is 10.1. The van der Waals surface area contributed by atoms with Crippen LogP contribution in [0.15, 0.2) is 12.1 Å². The number of carbonyl (C=O) groups excluding carboxylic acids is 1. The highest BCUT2D eigenvalue weighted by molar-refractivity contribution is 7.22. The number of benzene rings is 1. The molecule has 2 aromatic heterocycles. The van der Waals surface area contributed by atoms with Gasteiger partial charge in [-0.15, -0.1) is 5.10 Å². The van der Waals surface area contributed by atoms with E-state index in [4.69, 9.17) is 4.98 Å². The Bertz CT molecular complexity index is 931. The lowest BCUT2D eigenvalue weighted by atomic mass is 10.1. The van der Waals surface area contributed by atoms with Crippen LogP contribution in [-0.4, -0.2) is 52.6 Å². The summed E-state index contributed by atoms with van der Waals surface area (Å²) in [5, 5.41) is 4.73. The van der Waals surface area contributed by atoms with Crippen LogP contribution in [0.4, 0.5) is 5.13 Å². The van der Waals surface area contributed by atoms with Crippen molar-refractivity contribution in [1.29, 1.82) is 0 Å². The Balaban J connectivity index is 1.98. The van der Waals surface area contributed by atoms with Crippen molar-refractivity contribution in [2.75, 3.05) is 32.1 Å². The molecular weight excluding hydrogens is 366 g/mol. The minimum Gasteiger partial charge on any atom is -0.309 e. The smallest absolute Gasteiger partial charge is 0.273 e. The minimum absolute atomic E-state index is 0.0651. The number of hydrogen-bond acceptors (Lipinski definition) is 7. The van der Waals surface area contributed by atoms with E-state index in [1.807, 2.05) is 21.0 Å². The molecule has 6 nitrogen and oxygen atoms in total. The van der Waals surface area contributed by atoms with E-state index < -0.39 is 0 Å². The molecule has 0 bridgehead atoms. The fourth-order valence-electron chi connectivity index (χ4n) is 2.86. The number of rotatable bonds is 6. The van der Waals surface area contributed by atoms with Crippen molar-refractivity contribution in [1.82, 2.24) is 19.5 Å². The van der Waals surface area contributed by atoms with E-state index in [0.29, 0.717) is 17.1 Å². The second-order valence-corrected chi connectivity index (χ2v) is 8.46. The second-order valence-electron chi connectivity index (χ2n) is 6.73. The van der Waals surface area contributed by atoms with Crippen molar-refractivity contribution < 1.29 is 4.79 Å². The average molecular weight is 390 g/mol. The first-order chi connectivity index (χ1) is 12.4. The maximum atomic E-state index is 13.1. The van der Waals surface area contributed by atoms with Crippen LogP contribution in [-0.2, 0) is 0 Å². The van der Waals surface area contributed by atoms with Gasteiger partial charge in [0.15, 0.2) is 5.13 Å². The Morgan fingerprint density at radius 1 is 1.15 bits per heavy atom. The lowest BCUT2D eigenvalue weighted by Crippen LogP contribution is -2.33. The number of nitrogens with zero attached hydrogens (tertiary/aromatic N) is 5. The molecule has 2 heterocycles. The number of aromatic nitrogens is 3. The molecule has 26 heavy (non-hydrogen) atoms. The Morgan fingerprint density at radius 3 is 2.58 bits per heavy atom. The fourth-order valence-corrected chi connectivity index (χ4v) is 4.51.